The maximum absolute atomic E-state index is 13.4. The van der Waals surface area contributed by atoms with Gasteiger partial charge >= 0.3 is 6.18 Å². The van der Waals surface area contributed by atoms with E-state index in [2.05, 4.69) is 4.90 Å². The molecule has 200 valence electrons. The second-order valence-electron chi connectivity index (χ2n) is 9.39. The quantitative estimate of drug-likeness (QED) is 0.218. The minimum atomic E-state index is -4.38. The molecular formula is C31H32F3NO3. The van der Waals surface area contributed by atoms with Crippen molar-refractivity contribution in [3.8, 4) is 11.5 Å². The van der Waals surface area contributed by atoms with Gasteiger partial charge in [-0.25, -0.2) is 0 Å². The highest BCUT2D eigenvalue weighted by Gasteiger charge is 2.31. The fourth-order valence-corrected chi connectivity index (χ4v) is 4.80. The first kappa shape index (κ1) is 27.5. The third-order valence-corrected chi connectivity index (χ3v) is 6.80. The van der Waals surface area contributed by atoms with Crippen LogP contribution >= 0.6 is 0 Å². The number of hydrogen-bond donors (Lipinski definition) is 0. The van der Waals surface area contributed by atoms with E-state index in [0.29, 0.717) is 29.2 Å². The SMILES string of the molecule is COc1cc(C(C)=O)ccc1OCCCN1CCC(=C(c2ccccc2)c2cccc(C(F)(F)F)c2)CC1. The van der Waals surface area contributed by atoms with Crippen molar-refractivity contribution in [2.75, 3.05) is 33.4 Å². The van der Waals surface area contributed by atoms with E-state index in [-0.39, 0.29) is 5.78 Å². The summed E-state index contributed by atoms with van der Waals surface area (Å²) in [6.07, 6.45) is -1.98. The Morgan fingerprint density at radius 1 is 0.868 bits per heavy atom. The summed E-state index contributed by atoms with van der Waals surface area (Å²) < 4.78 is 51.5. The zero-order valence-corrected chi connectivity index (χ0v) is 21.7. The molecule has 0 radical (unpaired) electrons. The molecule has 7 heteroatoms. The maximum atomic E-state index is 13.4. The summed E-state index contributed by atoms with van der Waals surface area (Å²) in [6, 6.07) is 20.5. The molecular weight excluding hydrogens is 491 g/mol. The lowest BCUT2D eigenvalue weighted by Gasteiger charge is -2.30. The van der Waals surface area contributed by atoms with Gasteiger partial charge in [0.05, 0.1) is 19.3 Å². The van der Waals surface area contributed by atoms with E-state index < -0.39 is 11.7 Å². The molecule has 1 saturated heterocycles. The number of piperidine rings is 1. The van der Waals surface area contributed by atoms with E-state index in [0.717, 1.165) is 56.1 Å². The van der Waals surface area contributed by atoms with Gasteiger partial charge < -0.3 is 14.4 Å². The molecule has 1 heterocycles. The summed E-state index contributed by atoms with van der Waals surface area (Å²) in [5.41, 5.74) is 3.57. The smallest absolute Gasteiger partial charge is 0.416 e. The number of hydrogen-bond acceptors (Lipinski definition) is 4. The Kier molecular flexibility index (Phi) is 8.89. The first-order valence-electron chi connectivity index (χ1n) is 12.8. The topological polar surface area (TPSA) is 38.8 Å². The van der Waals surface area contributed by atoms with E-state index in [4.69, 9.17) is 9.47 Å². The van der Waals surface area contributed by atoms with Crippen molar-refractivity contribution in [1.29, 1.82) is 0 Å². The highest BCUT2D eigenvalue weighted by Crippen LogP contribution is 2.36. The second kappa shape index (κ2) is 12.3. The highest BCUT2D eigenvalue weighted by molar-refractivity contribution is 5.94. The Balaban J connectivity index is 1.40. The lowest BCUT2D eigenvalue weighted by atomic mass is 9.87. The lowest BCUT2D eigenvalue weighted by Crippen LogP contribution is -2.32. The van der Waals surface area contributed by atoms with Gasteiger partial charge in [-0.3, -0.25) is 4.79 Å². The van der Waals surface area contributed by atoms with Gasteiger partial charge in [-0.05, 0) is 73.2 Å². The molecule has 0 spiro atoms. The number of Topliss-reactive ketones (excluding diaryl/α,β-unsaturated/α-hetero) is 1. The van der Waals surface area contributed by atoms with Crippen LogP contribution in [0.3, 0.4) is 0 Å². The summed E-state index contributed by atoms with van der Waals surface area (Å²) in [4.78, 5) is 13.9. The van der Waals surface area contributed by atoms with Crippen LogP contribution in [0.15, 0.2) is 78.4 Å². The molecule has 0 aliphatic carbocycles. The molecule has 38 heavy (non-hydrogen) atoms. The molecule has 0 N–H and O–H groups in total. The molecule has 3 aromatic carbocycles. The molecule has 4 nitrogen and oxygen atoms in total. The molecule has 0 aromatic heterocycles. The largest absolute Gasteiger partial charge is 0.493 e. The predicted octanol–water partition coefficient (Wildman–Crippen LogP) is 7.28. The average Bonchev–Trinajstić information content (AvgIpc) is 2.92. The normalized spacial score (nSPS) is 14.3. The Hall–Kier alpha value is -3.58. The van der Waals surface area contributed by atoms with Crippen LogP contribution in [0.4, 0.5) is 13.2 Å². The molecule has 1 aliphatic rings. The van der Waals surface area contributed by atoms with Gasteiger partial charge in [-0.2, -0.15) is 13.2 Å². The number of benzene rings is 3. The summed E-state index contributed by atoms with van der Waals surface area (Å²) in [7, 11) is 1.55. The Bertz CT molecular complexity index is 1280. The Morgan fingerprint density at radius 2 is 1.58 bits per heavy atom. The van der Waals surface area contributed by atoms with Crippen molar-refractivity contribution in [1.82, 2.24) is 4.90 Å². The third-order valence-electron chi connectivity index (χ3n) is 6.80. The van der Waals surface area contributed by atoms with Gasteiger partial charge in [-0.15, -0.1) is 0 Å². The molecule has 0 bridgehead atoms. The predicted molar refractivity (Wildman–Crippen MR) is 143 cm³/mol. The minimum absolute atomic E-state index is 0.0307. The van der Waals surface area contributed by atoms with Crippen LogP contribution in [0, 0.1) is 0 Å². The molecule has 0 saturated carbocycles. The van der Waals surface area contributed by atoms with Crippen LogP contribution in [-0.2, 0) is 6.18 Å². The summed E-state index contributed by atoms with van der Waals surface area (Å²) in [6.45, 7) is 4.54. The van der Waals surface area contributed by atoms with E-state index in [1.54, 1.807) is 31.4 Å². The van der Waals surface area contributed by atoms with Crippen molar-refractivity contribution in [2.24, 2.45) is 0 Å². The van der Waals surface area contributed by atoms with Crippen molar-refractivity contribution < 1.29 is 27.4 Å². The molecule has 4 rings (SSSR count). The fraction of sp³-hybridized carbons (Fsp3) is 0.323. The molecule has 1 aliphatic heterocycles. The van der Waals surface area contributed by atoms with Gasteiger partial charge in [0.15, 0.2) is 17.3 Å². The molecule has 0 unspecified atom stereocenters. The zero-order valence-electron chi connectivity index (χ0n) is 21.7. The molecule has 0 atom stereocenters. The first-order valence-corrected chi connectivity index (χ1v) is 12.8. The molecule has 0 amide bonds. The van der Waals surface area contributed by atoms with E-state index in [1.165, 1.54) is 24.6 Å². The average molecular weight is 524 g/mol. The van der Waals surface area contributed by atoms with Crippen LogP contribution in [0.5, 0.6) is 11.5 Å². The van der Waals surface area contributed by atoms with Crippen molar-refractivity contribution >= 4 is 11.4 Å². The van der Waals surface area contributed by atoms with Crippen LogP contribution < -0.4 is 9.47 Å². The highest BCUT2D eigenvalue weighted by atomic mass is 19.4. The summed E-state index contributed by atoms with van der Waals surface area (Å²) in [5, 5.41) is 0. The number of carbonyl (C=O) groups excluding carboxylic acids is 1. The number of alkyl halides is 3. The van der Waals surface area contributed by atoms with Crippen LogP contribution in [0.1, 0.15) is 53.2 Å². The summed E-state index contributed by atoms with van der Waals surface area (Å²) in [5.74, 6) is 1.11. The van der Waals surface area contributed by atoms with Gasteiger partial charge in [-0.1, -0.05) is 48.0 Å². The van der Waals surface area contributed by atoms with Crippen molar-refractivity contribution in [2.45, 2.75) is 32.4 Å². The van der Waals surface area contributed by atoms with Crippen LogP contribution in [0.25, 0.3) is 5.57 Å². The summed E-state index contributed by atoms with van der Waals surface area (Å²) >= 11 is 0. The number of nitrogens with zero attached hydrogens (tertiary/aromatic N) is 1. The molecule has 1 fully saturated rings. The zero-order chi connectivity index (χ0) is 27.1. The maximum Gasteiger partial charge on any atom is 0.416 e. The minimum Gasteiger partial charge on any atom is -0.493 e. The number of likely N-dealkylation sites (tertiary alicyclic amines) is 1. The van der Waals surface area contributed by atoms with E-state index >= 15 is 0 Å². The van der Waals surface area contributed by atoms with Crippen molar-refractivity contribution in [3.63, 3.8) is 0 Å². The number of rotatable bonds is 9. The lowest BCUT2D eigenvalue weighted by molar-refractivity contribution is -0.137. The van der Waals surface area contributed by atoms with E-state index in [1.807, 2.05) is 30.3 Å². The number of carbonyl (C=O) groups is 1. The number of methoxy groups -OCH3 is 1. The standard InChI is InChI=1S/C31H32F3NO3/c1-22(36)25-12-13-28(29(21-25)37-2)38-19-7-16-35-17-14-24(15-18-35)30(23-8-4-3-5-9-23)26-10-6-11-27(20-26)31(32,33)34/h3-6,8-13,20-21H,7,14-19H2,1-2H3. The second-order valence-corrected chi connectivity index (χ2v) is 9.39. The van der Waals surface area contributed by atoms with Gasteiger partial charge in [0.1, 0.15) is 0 Å². The third kappa shape index (κ3) is 6.84. The first-order chi connectivity index (χ1) is 18.3. The number of ether oxygens (including phenoxy) is 2. The van der Waals surface area contributed by atoms with Crippen molar-refractivity contribution in [3.05, 3.63) is 101 Å². The number of halogens is 3. The van der Waals surface area contributed by atoms with Gasteiger partial charge in [0.2, 0.25) is 0 Å². The monoisotopic (exact) mass is 523 g/mol. The Morgan fingerprint density at radius 3 is 2.24 bits per heavy atom. The molecule has 3 aromatic rings. The fourth-order valence-electron chi connectivity index (χ4n) is 4.80. The van der Waals surface area contributed by atoms with Crippen LogP contribution in [-0.4, -0.2) is 44.0 Å². The number of ketones is 1. The van der Waals surface area contributed by atoms with Crippen LogP contribution in [0.2, 0.25) is 0 Å². The Labute approximate surface area is 221 Å². The van der Waals surface area contributed by atoms with Gasteiger partial charge in [0, 0.05) is 25.2 Å². The van der Waals surface area contributed by atoms with E-state index in [9.17, 15) is 18.0 Å². The van der Waals surface area contributed by atoms with Gasteiger partial charge in [0.25, 0.3) is 0 Å².